The lowest BCUT2D eigenvalue weighted by Crippen LogP contribution is -2.12. The molecule has 0 atom stereocenters. The molecule has 1 aromatic carbocycles. The fourth-order valence-corrected chi connectivity index (χ4v) is 2.25. The second-order valence-corrected chi connectivity index (χ2v) is 5.42. The first-order valence-corrected chi connectivity index (χ1v) is 6.27. The molecule has 0 bridgehead atoms. The molecule has 0 aliphatic heterocycles. The van der Waals surface area contributed by atoms with Crippen LogP contribution in [0.4, 0.5) is 0 Å². The number of thiophene rings is 1. The lowest BCUT2D eigenvalue weighted by atomic mass is 10.1. The highest BCUT2D eigenvalue weighted by molar-refractivity contribution is 7.12. The Morgan fingerprint density at radius 3 is 2.29 bits per heavy atom. The molecule has 0 saturated carbocycles. The Morgan fingerprint density at radius 1 is 1.00 bits per heavy atom. The van der Waals surface area contributed by atoms with Crippen molar-refractivity contribution in [1.29, 1.82) is 0 Å². The number of aliphatic hydroxyl groups is 1. The fraction of sp³-hybridized carbons (Fsp3) is 0.200. The number of hydrogen-bond donors (Lipinski definition) is 1. The van der Waals surface area contributed by atoms with E-state index >= 15 is 0 Å². The van der Waals surface area contributed by atoms with Gasteiger partial charge in [0.1, 0.15) is 0 Å². The third-order valence-corrected chi connectivity index (χ3v) is 3.63. The number of hydrogen-bond acceptors (Lipinski definition) is 2. The molecular formula is C15H14OS. The van der Waals surface area contributed by atoms with Crippen LogP contribution in [-0.2, 0) is 5.60 Å². The van der Waals surface area contributed by atoms with Crippen LogP contribution in [0.2, 0.25) is 0 Å². The second kappa shape index (κ2) is 4.75. The van der Waals surface area contributed by atoms with E-state index in [4.69, 9.17) is 0 Å². The van der Waals surface area contributed by atoms with Gasteiger partial charge in [0.15, 0.2) is 0 Å². The summed E-state index contributed by atoms with van der Waals surface area (Å²) in [6.45, 7) is 3.57. The third kappa shape index (κ3) is 3.20. The maximum absolute atomic E-state index is 9.85. The van der Waals surface area contributed by atoms with Crippen LogP contribution in [0.5, 0.6) is 0 Å². The highest BCUT2D eigenvalue weighted by atomic mass is 32.1. The molecule has 1 N–H and O–H groups in total. The van der Waals surface area contributed by atoms with E-state index in [0.717, 1.165) is 15.3 Å². The molecule has 2 aromatic rings. The molecule has 2 heteroatoms. The molecule has 1 aromatic heterocycles. The lowest BCUT2D eigenvalue weighted by Gasteiger charge is -2.13. The molecule has 0 amide bonds. The van der Waals surface area contributed by atoms with Crippen LogP contribution in [-0.4, -0.2) is 5.11 Å². The van der Waals surface area contributed by atoms with Gasteiger partial charge in [0, 0.05) is 10.4 Å². The summed E-state index contributed by atoms with van der Waals surface area (Å²) in [5.74, 6) is 6.22. The largest absolute Gasteiger partial charge is 0.385 e. The first-order valence-electron chi connectivity index (χ1n) is 5.45. The van der Waals surface area contributed by atoms with Crippen LogP contribution in [0.25, 0.3) is 0 Å². The Morgan fingerprint density at radius 2 is 1.71 bits per heavy atom. The third-order valence-electron chi connectivity index (χ3n) is 2.31. The number of benzene rings is 1. The zero-order chi connectivity index (χ0) is 12.3. The van der Waals surface area contributed by atoms with Crippen molar-refractivity contribution in [3.05, 3.63) is 57.8 Å². The van der Waals surface area contributed by atoms with Crippen molar-refractivity contribution in [3.8, 4) is 11.8 Å². The van der Waals surface area contributed by atoms with Crippen LogP contribution >= 0.6 is 11.3 Å². The minimum absolute atomic E-state index is 0.780. The van der Waals surface area contributed by atoms with E-state index in [2.05, 4.69) is 11.8 Å². The van der Waals surface area contributed by atoms with E-state index in [9.17, 15) is 5.11 Å². The van der Waals surface area contributed by atoms with Crippen molar-refractivity contribution in [2.75, 3.05) is 0 Å². The van der Waals surface area contributed by atoms with E-state index in [1.807, 2.05) is 42.5 Å². The van der Waals surface area contributed by atoms with Crippen LogP contribution in [0, 0.1) is 11.8 Å². The summed E-state index contributed by atoms with van der Waals surface area (Å²) in [7, 11) is 0. The van der Waals surface area contributed by atoms with Crippen LogP contribution in [0.15, 0.2) is 42.5 Å². The smallest absolute Gasteiger partial charge is 0.0932 e. The molecule has 0 aliphatic carbocycles. The molecule has 0 aliphatic rings. The van der Waals surface area contributed by atoms with Crippen molar-refractivity contribution in [1.82, 2.24) is 0 Å². The van der Waals surface area contributed by atoms with E-state index in [1.54, 1.807) is 13.8 Å². The first-order chi connectivity index (χ1) is 8.05. The Kier molecular flexibility index (Phi) is 3.33. The Bertz CT molecular complexity index is 550. The van der Waals surface area contributed by atoms with Gasteiger partial charge < -0.3 is 5.11 Å². The Hall–Kier alpha value is -1.56. The second-order valence-electron chi connectivity index (χ2n) is 4.34. The van der Waals surface area contributed by atoms with Gasteiger partial charge in [-0.3, -0.25) is 0 Å². The predicted molar refractivity (Wildman–Crippen MR) is 72.0 cm³/mol. The quantitative estimate of drug-likeness (QED) is 0.760. The van der Waals surface area contributed by atoms with Gasteiger partial charge in [-0.1, -0.05) is 30.0 Å². The van der Waals surface area contributed by atoms with Crippen LogP contribution in [0.3, 0.4) is 0 Å². The van der Waals surface area contributed by atoms with Gasteiger partial charge in [-0.05, 0) is 38.1 Å². The summed E-state index contributed by atoms with van der Waals surface area (Å²) in [6.07, 6.45) is 0. The molecule has 0 radical (unpaired) electrons. The summed E-state index contributed by atoms with van der Waals surface area (Å²) in [4.78, 5) is 1.92. The molecular weight excluding hydrogens is 228 g/mol. The summed E-state index contributed by atoms with van der Waals surface area (Å²) in [6, 6.07) is 13.8. The number of rotatable bonds is 1. The van der Waals surface area contributed by atoms with Crippen molar-refractivity contribution >= 4 is 11.3 Å². The monoisotopic (exact) mass is 242 g/mol. The first kappa shape index (κ1) is 11.9. The Labute approximate surface area is 106 Å². The van der Waals surface area contributed by atoms with E-state index in [1.165, 1.54) is 11.3 Å². The molecule has 0 spiro atoms. The minimum atomic E-state index is -0.780. The normalized spacial score (nSPS) is 10.8. The van der Waals surface area contributed by atoms with E-state index in [0.29, 0.717) is 0 Å². The van der Waals surface area contributed by atoms with E-state index in [-0.39, 0.29) is 0 Å². The maximum atomic E-state index is 9.85. The predicted octanol–water partition coefficient (Wildman–Crippen LogP) is 3.38. The molecule has 0 fully saturated rings. The van der Waals surface area contributed by atoms with Gasteiger partial charge in [0.25, 0.3) is 0 Å². The summed E-state index contributed by atoms with van der Waals surface area (Å²) in [5, 5.41) is 9.85. The minimum Gasteiger partial charge on any atom is -0.385 e. The maximum Gasteiger partial charge on any atom is 0.0932 e. The van der Waals surface area contributed by atoms with Crippen molar-refractivity contribution in [2.24, 2.45) is 0 Å². The SMILES string of the molecule is CC(C)(O)c1ccc(C#Cc2ccccc2)s1. The molecule has 0 unspecified atom stereocenters. The lowest BCUT2D eigenvalue weighted by molar-refractivity contribution is 0.0825. The zero-order valence-corrected chi connectivity index (χ0v) is 10.7. The van der Waals surface area contributed by atoms with Crippen LogP contribution < -0.4 is 0 Å². The molecule has 0 saturated heterocycles. The molecule has 86 valence electrons. The Balaban J connectivity index is 2.21. The van der Waals surface area contributed by atoms with Crippen molar-refractivity contribution in [3.63, 3.8) is 0 Å². The highest BCUT2D eigenvalue weighted by Gasteiger charge is 2.17. The van der Waals surface area contributed by atoms with Crippen molar-refractivity contribution < 1.29 is 5.11 Å². The van der Waals surface area contributed by atoms with Gasteiger partial charge >= 0.3 is 0 Å². The van der Waals surface area contributed by atoms with Crippen molar-refractivity contribution in [2.45, 2.75) is 19.4 Å². The molecule has 17 heavy (non-hydrogen) atoms. The van der Waals surface area contributed by atoms with Gasteiger partial charge in [-0.2, -0.15) is 0 Å². The summed E-state index contributed by atoms with van der Waals surface area (Å²) >= 11 is 1.54. The molecule has 2 rings (SSSR count). The van der Waals surface area contributed by atoms with Crippen LogP contribution in [0.1, 0.15) is 29.2 Å². The molecule has 1 nitrogen and oxygen atoms in total. The topological polar surface area (TPSA) is 20.2 Å². The highest BCUT2D eigenvalue weighted by Crippen LogP contribution is 2.27. The summed E-state index contributed by atoms with van der Waals surface area (Å²) in [5.41, 5.74) is 0.225. The molecule has 1 heterocycles. The zero-order valence-electron chi connectivity index (χ0n) is 9.90. The fourth-order valence-electron chi connectivity index (χ4n) is 1.39. The average Bonchev–Trinajstić information content (AvgIpc) is 2.76. The summed E-state index contributed by atoms with van der Waals surface area (Å²) < 4.78 is 0. The van der Waals surface area contributed by atoms with Gasteiger partial charge in [-0.15, -0.1) is 11.3 Å². The van der Waals surface area contributed by atoms with Gasteiger partial charge in [0.2, 0.25) is 0 Å². The standard InChI is InChI=1S/C15H14OS/c1-15(2,16)14-11-10-13(17-14)9-8-12-6-4-3-5-7-12/h3-7,10-11,16H,1-2H3. The average molecular weight is 242 g/mol. The van der Waals surface area contributed by atoms with Gasteiger partial charge in [-0.25, -0.2) is 0 Å². The van der Waals surface area contributed by atoms with E-state index < -0.39 is 5.60 Å². The van der Waals surface area contributed by atoms with Gasteiger partial charge in [0.05, 0.1) is 10.5 Å².